The Labute approximate surface area is 338 Å². The molecule has 2 N–H and O–H groups in total. The van der Waals surface area contributed by atoms with Crippen molar-refractivity contribution in [3.63, 3.8) is 0 Å². The lowest BCUT2D eigenvalue weighted by Crippen LogP contribution is -2.13. The van der Waals surface area contributed by atoms with Crippen molar-refractivity contribution in [2.75, 3.05) is 10.6 Å². The molecule has 0 bridgehead atoms. The molecule has 8 heteroatoms. The van der Waals surface area contributed by atoms with Gasteiger partial charge in [-0.1, -0.05) is 121 Å². The molecule has 6 nitrogen and oxygen atoms in total. The molecule has 2 aliphatic heterocycles. The number of nitrogens with one attached hydrogen (secondary N) is 2. The van der Waals surface area contributed by atoms with E-state index in [2.05, 4.69) is 95.6 Å². The van der Waals surface area contributed by atoms with Crippen molar-refractivity contribution in [1.82, 2.24) is 0 Å². The minimum Gasteiger partial charge on any atom is -0.322 e. The maximum absolute atomic E-state index is 14.0. The number of benzene rings is 10. The number of hydrogen-bond donors (Lipinski definition) is 2. The average molecular weight is 783 g/mol. The van der Waals surface area contributed by atoms with Gasteiger partial charge >= 0.3 is 0 Å². The molecule has 0 atom stereocenters. The van der Waals surface area contributed by atoms with Crippen molar-refractivity contribution in [2.24, 2.45) is 0 Å². The molecule has 0 unspecified atom stereocenters. The number of Topliss-reactive ketones (excluding diaryl/α,β-unsaturated/α-hetero) is 2. The number of thioether (sulfide) groups is 2. The summed E-state index contributed by atoms with van der Waals surface area (Å²) in [6.45, 7) is 0. The SMILES string of the molecule is O=C(Nc1cc2ccc3cccc4ccc(c1)c2c34)c1cccc2c1S/C(=C1/Sc3c(C(=O)Nc4cc5ccc6cccc7ccc(c4)c5c67)cccc3C1=O)C2=O. The standard InChI is InChI=1S/C50H26N2O4S2/c53-43-35-9-3-11-37(49(55)51-33-21-29-17-13-25-5-1-6-26-14-18-30(22-33)41(29)39(25)26)45(35)57-47(43)48-44(54)36-10-4-12-38(46(36)58-48)50(56)52-34-23-31-19-15-27-7-2-8-28-16-20-32(24-34)42(31)40(27)28/h1-24H,(H,51,55)(H,52,56)/b48-47+. The van der Waals surface area contributed by atoms with Crippen LogP contribution in [0.1, 0.15) is 41.4 Å². The summed E-state index contributed by atoms with van der Waals surface area (Å²) in [5.74, 6) is -1.34. The zero-order valence-electron chi connectivity index (χ0n) is 30.3. The minimum absolute atomic E-state index is 0.253. The van der Waals surface area contributed by atoms with Crippen LogP contribution in [-0.4, -0.2) is 23.4 Å². The van der Waals surface area contributed by atoms with Gasteiger partial charge in [0.1, 0.15) is 0 Å². The number of ketones is 2. The highest BCUT2D eigenvalue weighted by molar-refractivity contribution is 8.08. The lowest BCUT2D eigenvalue weighted by atomic mass is 9.94. The number of allylic oxidation sites excluding steroid dienone is 2. The van der Waals surface area contributed by atoms with Crippen LogP contribution in [0.5, 0.6) is 0 Å². The van der Waals surface area contributed by atoms with Crippen LogP contribution in [0.2, 0.25) is 0 Å². The number of rotatable bonds is 4. The quantitative estimate of drug-likeness (QED) is 0.136. The van der Waals surface area contributed by atoms with Crippen LogP contribution in [-0.2, 0) is 0 Å². The smallest absolute Gasteiger partial charge is 0.256 e. The summed E-state index contributed by atoms with van der Waals surface area (Å²) < 4.78 is 0. The highest BCUT2D eigenvalue weighted by Crippen LogP contribution is 2.52. The fourth-order valence-corrected chi connectivity index (χ4v) is 11.4. The number of hydrogen-bond acceptors (Lipinski definition) is 6. The molecule has 2 heterocycles. The van der Waals surface area contributed by atoms with Gasteiger partial charge in [-0.2, -0.15) is 0 Å². The molecule has 10 aromatic carbocycles. The monoisotopic (exact) mass is 782 g/mol. The van der Waals surface area contributed by atoms with Gasteiger partial charge in [0.25, 0.3) is 11.8 Å². The molecule has 0 saturated heterocycles. The Bertz CT molecular complexity index is 3190. The Balaban J connectivity index is 0.840. The first kappa shape index (κ1) is 33.2. The van der Waals surface area contributed by atoms with Crippen LogP contribution in [0.25, 0.3) is 64.6 Å². The van der Waals surface area contributed by atoms with Crippen molar-refractivity contribution < 1.29 is 19.2 Å². The van der Waals surface area contributed by atoms with Crippen LogP contribution in [0.15, 0.2) is 165 Å². The second-order valence-electron chi connectivity index (χ2n) is 14.8. The molecule has 0 aliphatic carbocycles. The molecular weight excluding hydrogens is 757 g/mol. The summed E-state index contributed by atoms with van der Waals surface area (Å²) in [7, 11) is 0. The molecule has 0 aromatic heterocycles. The zero-order chi connectivity index (χ0) is 38.8. The number of carbonyl (C=O) groups is 4. The molecular formula is C50H26N2O4S2. The normalized spacial score (nSPS) is 15.1. The van der Waals surface area contributed by atoms with Crippen LogP contribution in [0, 0.1) is 0 Å². The maximum Gasteiger partial charge on any atom is 0.256 e. The fourth-order valence-electron chi connectivity index (χ4n) is 8.90. The Morgan fingerprint density at radius 2 is 0.690 bits per heavy atom. The van der Waals surface area contributed by atoms with E-state index >= 15 is 0 Å². The summed E-state index contributed by atoms with van der Waals surface area (Å²) in [4.78, 5) is 57.4. The van der Waals surface area contributed by atoms with Gasteiger partial charge in [-0.25, -0.2) is 0 Å². The maximum atomic E-state index is 14.0. The summed E-state index contributed by atoms with van der Waals surface area (Å²) in [6, 6.07) is 47.3. The Hall–Kier alpha value is -7.00. The van der Waals surface area contributed by atoms with Crippen molar-refractivity contribution in [2.45, 2.75) is 9.79 Å². The van der Waals surface area contributed by atoms with E-state index in [9.17, 15) is 19.2 Å². The molecule has 0 radical (unpaired) electrons. The third-order valence-corrected chi connectivity index (χ3v) is 14.1. The van der Waals surface area contributed by atoms with E-state index in [1.807, 2.05) is 24.3 Å². The van der Waals surface area contributed by atoms with Crippen molar-refractivity contribution in [3.8, 4) is 0 Å². The van der Waals surface area contributed by atoms with Gasteiger partial charge in [-0.15, -0.1) is 0 Å². The second-order valence-corrected chi connectivity index (χ2v) is 16.9. The zero-order valence-corrected chi connectivity index (χ0v) is 31.9. The molecule has 58 heavy (non-hydrogen) atoms. The van der Waals surface area contributed by atoms with E-state index in [0.717, 1.165) is 55.8 Å². The molecule has 12 rings (SSSR count). The van der Waals surface area contributed by atoms with E-state index in [1.54, 1.807) is 36.4 Å². The Kier molecular flexibility index (Phi) is 7.00. The van der Waals surface area contributed by atoms with Crippen molar-refractivity contribution in [3.05, 3.63) is 178 Å². The molecule has 0 fully saturated rings. The molecule has 0 saturated carbocycles. The molecule has 0 spiro atoms. The second kappa shape index (κ2) is 12.2. The number of carbonyl (C=O) groups excluding carboxylic acids is 4. The first-order valence-corrected chi connectivity index (χ1v) is 20.4. The Morgan fingerprint density at radius 3 is 1.05 bits per heavy atom. The number of amides is 2. The van der Waals surface area contributed by atoms with Gasteiger partial charge in [-0.05, 0) is 113 Å². The van der Waals surface area contributed by atoms with Crippen LogP contribution in [0.4, 0.5) is 11.4 Å². The summed E-state index contributed by atoms with van der Waals surface area (Å²) in [5.41, 5.74) is 2.72. The summed E-state index contributed by atoms with van der Waals surface area (Å²) >= 11 is 2.28. The van der Waals surface area contributed by atoms with Crippen molar-refractivity contribution >= 4 is 123 Å². The van der Waals surface area contributed by atoms with Gasteiger partial charge in [0.05, 0.1) is 20.9 Å². The van der Waals surface area contributed by atoms with E-state index in [-0.39, 0.29) is 33.2 Å². The fraction of sp³-hybridized carbons (Fsp3) is 0. The van der Waals surface area contributed by atoms with E-state index in [1.165, 1.54) is 32.3 Å². The lowest BCUT2D eigenvalue weighted by Gasteiger charge is -2.14. The first-order chi connectivity index (χ1) is 28.4. The van der Waals surface area contributed by atoms with Gasteiger partial charge in [-0.3, -0.25) is 19.2 Å². The van der Waals surface area contributed by atoms with Gasteiger partial charge in [0.15, 0.2) is 0 Å². The topological polar surface area (TPSA) is 92.3 Å². The van der Waals surface area contributed by atoms with E-state index < -0.39 is 0 Å². The third-order valence-electron chi connectivity index (χ3n) is 11.5. The first-order valence-electron chi connectivity index (χ1n) is 18.8. The van der Waals surface area contributed by atoms with Gasteiger partial charge in [0.2, 0.25) is 11.6 Å². The third kappa shape index (κ3) is 4.82. The largest absolute Gasteiger partial charge is 0.322 e. The predicted molar refractivity (Wildman–Crippen MR) is 236 cm³/mol. The highest BCUT2D eigenvalue weighted by atomic mass is 32.2. The lowest BCUT2D eigenvalue weighted by molar-refractivity contribution is 0.100. The van der Waals surface area contributed by atoms with Crippen LogP contribution in [0.3, 0.4) is 0 Å². The number of anilines is 2. The highest BCUT2D eigenvalue weighted by Gasteiger charge is 2.39. The summed E-state index contributed by atoms with van der Waals surface area (Å²) in [6.07, 6.45) is 0. The molecule has 2 amide bonds. The number of fused-ring (bicyclic) bond motifs is 2. The van der Waals surface area contributed by atoms with Crippen LogP contribution >= 0.6 is 23.5 Å². The van der Waals surface area contributed by atoms with Gasteiger partial charge in [0, 0.05) is 32.3 Å². The van der Waals surface area contributed by atoms with E-state index in [4.69, 9.17) is 0 Å². The predicted octanol–water partition coefficient (Wildman–Crippen LogP) is 12.5. The van der Waals surface area contributed by atoms with Crippen molar-refractivity contribution in [1.29, 1.82) is 0 Å². The summed E-state index contributed by atoms with van der Waals surface area (Å²) in [5, 5.41) is 19.6. The molecule has 272 valence electrons. The molecule has 2 aliphatic rings. The average Bonchev–Trinajstić information content (AvgIpc) is 3.77. The van der Waals surface area contributed by atoms with E-state index in [0.29, 0.717) is 43.4 Å². The Morgan fingerprint density at radius 1 is 0.379 bits per heavy atom. The van der Waals surface area contributed by atoms with Gasteiger partial charge < -0.3 is 10.6 Å². The van der Waals surface area contributed by atoms with Crippen LogP contribution < -0.4 is 10.6 Å². The molecule has 10 aromatic rings. The minimum atomic E-state index is -0.351.